The Hall–Kier alpha value is -2.10. The maximum absolute atomic E-state index is 15.1. The van der Waals surface area contributed by atoms with Crippen LogP contribution in [-0.2, 0) is 4.79 Å². The quantitative estimate of drug-likeness (QED) is 0.606. The third-order valence-corrected chi connectivity index (χ3v) is 8.29. The number of aliphatic hydroxyl groups excluding tert-OH is 1. The number of nitrogens with one attached hydrogen (secondary N) is 1. The Morgan fingerprint density at radius 2 is 2.00 bits per heavy atom. The number of aliphatic hydroxyl groups is 1. The number of amides is 1. The van der Waals surface area contributed by atoms with E-state index in [9.17, 15) is 9.90 Å². The van der Waals surface area contributed by atoms with Gasteiger partial charge in [-0.05, 0) is 51.2 Å². The number of fused-ring (bicyclic) bond motifs is 1. The van der Waals surface area contributed by atoms with Crippen molar-refractivity contribution in [2.45, 2.75) is 69.6 Å². The summed E-state index contributed by atoms with van der Waals surface area (Å²) < 4.78 is 15.7. The number of halogens is 2. The van der Waals surface area contributed by atoms with E-state index in [4.69, 9.17) is 0 Å². The smallest absolute Gasteiger partial charge is 0.231 e. The number of anilines is 1. The Balaban J connectivity index is 1.36. The predicted octanol–water partition coefficient (Wildman–Crippen LogP) is 3.88. The van der Waals surface area contributed by atoms with E-state index in [1.54, 1.807) is 6.07 Å². The molecule has 1 amide bonds. The molecule has 0 saturated carbocycles. The third-order valence-electron chi connectivity index (χ3n) is 7.79. The number of carbonyl (C=O) groups is 1. The van der Waals surface area contributed by atoms with Crippen LogP contribution in [0.2, 0.25) is 0 Å². The Kier molecular flexibility index (Phi) is 6.61. The minimum atomic E-state index is -0.574. The molecule has 2 aliphatic heterocycles. The van der Waals surface area contributed by atoms with Gasteiger partial charge in [0.2, 0.25) is 5.91 Å². The number of aromatic nitrogens is 2. The average Bonchev–Trinajstić information content (AvgIpc) is 3.33. The Morgan fingerprint density at radius 3 is 2.66 bits per heavy atom. The van der Waals surface area contributed by atoms with Crippen LogP contribution < -0.4 is 10.2 Å². The van der Waals surface area contributed by atoms with E-state index in [1.165, 1.54) is 12.4 Å². The second kappa shape index (κ2) is 9.41. The van der Waals surface area contributed by atoms with Gasteiger partial charge in [0.1, 0.15) is 18.0 Å². The van der Waals surface area contributed by atoms with Gasteiger partial charge >= 0.3 is 0 Å². The summed E-state index contributed by atoms with van der Waals surface area (Å²) in [5.74, 6) is 0.0953. The summed E-state index contributed by atoms with van der Waals surface area (Å²) in [6.45, 7) is 8.70. The van der Waals surface area contributed by atoms with Gasteiger partial charge in [-0.25, -0.2) is 14.4 Å². The molecule has 0 radical (unpaired) electrons. The molecule has 9 heteroatoms. The summed E-state index contributed by atoms with van der Waals surface area (Å²) in [6, 6.07) is 4.88. The van der Waals surface area contributed by atoms with E-state index < -0.39 is 12.0 Å². The summed E-state index contributed by atoms with van der Waals surface area (Å²) in [5.41, 5.74) is 2.11. The number of piperazine rings is 1. The van der Waals surface area contributed by atoms with Gasteiger partial charge < -0.3 is 20.2 Å². The highest BCUT2D eigenvalue weighted by molar-refractivity contribution is 9.10. The van der Waals surface area contributed by atoms with Gasteiger partial charge in [-0.15, -0.1) is 0 Å². The normalized spacial score (nSPS) is 26.6. The van der Waals surface area contributed by atoms with Crippen LogP contribution in [0.5, 0.6) is 0 Å². The fourth-order valence-electron chi connectivity index (χ4n) is 5.98. The lowest BCUT2D eigenvalue weighted by Crippen LogP contribution is -2.53. The summed E-state index contributed by atoms with van der Waals surface area (Å²) in [6.07, 6.45) is 3.40. The number of benzene rings is 1. The Bertz CT molecular complexity index is 1120. The zero-order valence-electron chi connectivity index (χ0n) is 20.5. The number of nitrogens with zero attached hydrogens (tertiary/aromatic N) is 4. The van der Waals surface area contributed by atoms with Crippen LogP contribution in [0, 0.1) is 5.82 Å². The highest BCUT2D eigenvalue weighted by Gasteiger charge is 2.42. The molecule has 2 aromatic rings. The van der Waals surface area contributed by atoms with Gasteiger partial charge in [-0.3, -0.25) is 4.79 Å². The summed E-state index contributed by atoms with van der Waals surface area (Å²) in [4.78, 5) is 26.8. The molecule has 1 aliphatic carbocycles. The molecule has 2 fully saturated rings. The second-order valence-corrected chi connectivity index (χ2v) is 11.7. The maximum atomic E-state index is 15.1. The zero-order chi connectivity index (χ0) is 24.9. The van der Waals surface area contributed by atoms with Gasteiger partial charge in [0.25, 0.3) is 0 Å². The first kappa shape index (κ1) is 24.6. The highest BCUT2D eigenvalue weighted by Crippen LogP contribution is 2.43. The lowest BCUT2D eigenvalue weighted by Gasteiger charge is -2.39. The molecule has 2 saturated heterocycles. The molecule has 0 spiro atoms. The second-order valence-electron chi connectivity index (χ2n) is 10.8. The fourth-order valence-corrected chi connectivity index (χ4v) is 6.31. The molecular weight excluding hydrogens is 513 g/mol. The zero-order valence-corrected chi connectivity index (χ0v) is 22.1. The minimum Gasteiger partial charge on any atom is -0.387 e. The molecule has 0 unspecified atom stereocenters. The van der Waals surface area contributed by atoms with Gasteiger partial charge in [0.15, 0.2) is 0 Å². The van der Waals surface area contributed by atoms with E-state index in [0.29, 0.717) is 42.6 Å². The minimum absolute atomic E-state index is 0.0298. The van der Waals surface area contributed by atoms with Crippen molar-refractivity contribution >= 4 is 27.7 Å². The molecule has 1 aromatic heterocycles. The van der Waals surface area contributed by atoms with Crippen LogP contribution in [-0.4, -0.2) is 63.6 Å². The molecule has 7 nitrogen and oxygen atoms in total. The lowest BCUT2D eigenvalue weighted by molar-refractivity contribution is -0.133. The Morgan fingerprint density at radius 1 is 1.26 bits per heavy atom. The molecule has 3 heterocycles. The van der Waals surface area contributed by atoms with Crippen molar-refractivity contribution < 1.29 is 14.3 Å². The van der Waals surface area contributed by atoms with Crippen LogP contribution in [0.25, 0.3) is 0 Å². The van der Waals surface area contributed by atoms with Crippen molar-refractivity contribution in [3.05, 3.63) is 51.6 Å². The molecule has 188 valence electrons. The molecule has 0 bridgehead atoms. The highest BCUT2D eigenvalue weighted by atomic mass is 79.9. The molecular formula is C26H33BrFN5O2. The SMILES string of the molecule is C[C@@H]1C[C@@H](O)c2ncnc(N3CCN(C(=O)[C@@H](c4ccc(Br)cc4F)[C@@H]4CCC(C)(C)N4)CC3)c21. The lowest BCUT2D eigenvalue weighted by atomic mass is 9.88. The first-order valence-corrected chi connectivity index (χ1v) is 13.2. The topological polar surface area (TPSA) is 81.6 Å². The number of hydrogen-bond donors (Lipinski definition) is 2. The van der Waals surface area contributed by atoms with Gasteiger partial charge in [0, 0.05) is 53.4 Å². The predicted molar refractivity (Wildman–Crippen MR) is 136 cm³/mol. The summed E-state index contributed by atoms with van der Waals surface area (Å²) in [7, 11) is 0. The van der Waals surface area contributed by atoms with Crippen LogP contribution >= 0.6 is 15.9 Å². The molecule has 3 aliphatic rings. The standard InChI is InChI=1S/C26H33BrFN5O2/c1-15-12-20(34)23-21(15)24(30-14-29-23)32-8-10-33(11-9-32)25(35)22(19-6-7-26(2,3)31-19)17-5-4-16(27)13-18(17)28/h4-5,13-15,19-20,22,31,34H,6-12H2,1-3H3/t15-,19+,20-,22+/m1/s1. The summed E-state index contributed by atoms with van der Waals surface area (Å²) in [5, 5.41) is 13.9. The molecule has 5 rings (SSSR count). The van der Waals surface area contributed by atoms with Crippen LogP contribution in [0.3, 0.4) is 0 Å². The molecule has 1 aromatic carbocycles. The average molecular weight is 546 g/mol. The number of hydrogen-bond acceptors (Lipinski definition) is 6. The van der Waals surface area contributed by atoms with Gasteiger partial charge in [0.05, 0.1) is 17.7 Å². The van der Waals surface area contributed by atoms with Gasteiger partial charge in [-0.1, -0.05) is 28.9 Å². The first-order valence-electron chi connectivity index (χ1n) is 12.4. The largest absolute Gasteiger partial charge is 0.387 e. The van der Waals surface area contributed by atoms with Crippen molar-refractivity contribution in [1.82, 2.24) is 20.2 Å². The van der Waals surface area contributed by atoms with Crippen LogP contribution in [0.15, 0.2) is 29.0 Å². The Labute approximate surface area is 214 Å². The number of carbonyl (C=O) groups excluding carboxylic acids is 1. The maximum Gasteiger partial charge on any atom is 0.231 e. The summed E-state index contributed by atoms with van der Waals surface area (Å²) >= 11 is 3.34. The fraction of sp³-hybridized carbons (Fsp3) is 0.577. The van der Waals surface area contributed by atoms with E-state index >= 15 is 4.39 Å². The molecule has 4 atom stereocenters. The molecule has 35 heavy (non-hydrogen) atoms. The van der Waals surface area contributed by atoms with Crippen molar-refractivity contribution in [2.75, 3.05) is 31.1 Å². The van der Waals surface area contributed by atoms with Crippen molar-refractivity contribution in [3.63, 3.8) is 0 Å². The monoisotopic (exact) mass is 545 g/mol. The van der Waals surface area contributed by atoms with Crippen molar-refractivity contribution in [2.24, 2.45) is 0 Å². The van der Waals surface area contributed by atoms with E-state index in [-0.39, 0.29) is 29.2 Å². The molecule has 2 N–H and O–H groups in total. The van der Waals surface area contributed by atoms with E-state index in [0.717, 1.165) is 29.9 Å². The third kappa shape index (κ3) is 4.70. The van der Waals surface area contributed by atoms with E-state index in [2.05, 4.69) is 56.9 Å². The van der Waals surface area contributed by atoms with Crippen LogP contribution in [0.1, 0.15) is 74.8 Å². The van der Waals surface area contributed by atoms with Crippen molar-refractivity contribution in [1.29, 1.82) is 0 Å². The van der Waals surface area contributed by atoms with Crippen molar-refractivity contribution in [3.8, 4) is 0 Å². The van der Waals surface area contributed by atoms with Gasteiger partial charge in [-0.2, -0.15) is 0 Å². The first-order chi connectivity index (χ1) is 16.6. The van der Waals surface area contributed by atoms with E-state index in [1.807, 2.05) is 11.0 Å². The number of rotatable bonds is 4. The van der Waals surface area contributed by atoms with Crippen LogP contribution in [0.4, 0.5) is 10.2 Å².